The molecule has 0 saturated carbocycles. The molecule has 0 spiro atoms. The molecule has 1 aromatic carbocycles. The third-order valence-corrected chi connectivity index (χ3v) is 2.62. The molecule has 0 aromatic heterocycles. The van der Waals surface area contributed by atoms with Crippen LogP contribution in [0.5, 0.6) is 11.5 Å². The molecule has 19 heavy (non-hydrogen) atoms. The summed E-state index contributed by atoms with van der Waals surface area (Å²) in [5.41, 5.74) is 0.256. The van der Waals surface area contributed by atoms with Gasteiger partial charge in [0.25, 0.3) is 0 Å². The Labute approximate surface area is 112 Å². The van der Waals surface area contributed by atoms with Crippen LogP contribution in [0, 0.1) is 5.41 Å². The molecule has 0 amide bonds. The molecule has 108 valence electrons. The average molecular weight is 274 g/mol. The summed E-state index contributed by atoms with van der Waals surface area (Å²) >= 11 is 0. The summed E-state index contributed by atoms with van der Waals surface area (Å²) in [6.45, 7) is 4.84. The highest BCUT2D eigenvalue weighted by molar-refractivity contribution is 5.44. The molecule has 0 aliphatic carbocycles. The highest BCUT2D eigenvalue weighted by Gasteiger charge is 2.25. The molecule has 1 N–H and O–H groups in total. The molecule has 1 atom stereocenters. The van der Waals surface area contributed by atoms with E-state index in [0.29, 0.717) is 12.2 Å². The predicted octanol–water partition coefficient (Wildman–Crippen LogP) is 3.77. The Morgan fingerprint density at radius 1 is 1.21 bits per heavy atom. The van der Waals surface area contributed by atoms with Crippen molar-refractivity contribution in [1.29, 1.82) is 0 Å². The second kappa shape index (κ2) is 6.19. The normalized spacial score (nSPS) is 13.5. The Bertz CT molecular complexity index is 414. The number of halogens is 2. The first-order valence-electron chi connectivity index (χ1n) is 6.15. The second-order valence-corrected chi connectivity index (χ2v) is 5.29. The maximum atomic E-state index is 12.3. The van der Waals surface area contributed by atoms with Crippen LogP contribution in [-0.4, -0.2) is 18.3 Å². The highest BCUT2D eigenvalue weighted by atomic mass is 19.3. The number of alkyl halides is 2. The van der Waals surface area contributed by atoms with Crippen LogP contribution in [0.25, 0.3) is 0 Å². The summed E-state index contributed by atoms with van der Waals surface area (Å²) in [6.07, 6.45) is -0.715. The lowest BCUT2D eigenvalue weighted by Gasteiger charge is -2.26. The number of hydrogen-bond acceptors (Lipinski definition) is 3. The molecule has 5 heteroatoms. The molecule has 0 aliphatic rings. The number of hydrogen-bond donors (Lipinski definition) is 1. The maximum Gasteiger partial charge on any atom is 0.387 e. The number of rotatable bonds is 5. The van der Waals surface area contributed by atoms with Crippen LogP contribution < -0.4 is 9.47 Å². The topological polar surface area (TPSA) is 38.7 Å². The smallest absolute Gasteiger partial charge is 0.387 e. The van der Waals surface area contributed by atoms with Gasteiger partial charge < -0.3 is 14.6 Å². The first-order chi connectivity index (χ1) is 8.75. The van der Waals surface area contributed by atoms with Crippen molar-refractivity contribution >= 4 is 0 Å². The van der Waals surface area contributed by atoms with Crippen LogP contribution in [0.15, 0.2) is 18.2 Å². The summed E-state index contributed by atoms with van der Waals surface area (Å²) in [4.78, 5) is 0. The number of aliphatic hydroxyl groups excluding tert-OH is 1. The standard InChI is InChI=1S/C14H20F2O3/c1-5-18-11-8-9(12(17)14(2,3)4)6-7-10(11)19-13(15)16/h6-8,12-13,17H,5H2,1-4H3. The summed E-state index contributed by atoms with van der Waals surface area (Å²) < 4.78 is 34.2. The molecule has 3 nitrogen and oxygen atoms in total. The molecule has 0 bridgehead atoms. The number of benzene rings is 1. The lowest BCUT2D eigenvalue weighted by Crippen LogP contribution is -2.18. The Balaban J connectivity index is 3.08. The van der Waals surface area contributed by atoms with Crippen LogP contribution in [0.3, 0.4) is 0 Å². The molecule has 0 aliphatic heterocycles. The van der Waals surface area contributed by atoms with Crippen molar-refractivity contribution in [2.75, 3.05) is 6.61 Å². The van der Waals surface area contributed by atoms with Gasteiger partial charge in [0.2, 0.25) is 0 Å². The Morgan fingerprint density at radius 3 is 2.32 bits per heavy atom. The van der Waals surface area contributed by atoms with Gasteiger partial charge in [0.15, 0.2) is 11.5 Å². The summed E-state index contributed by atoms with van der Waals surface area (Å²) in [6, 6.07) is 4.49. The molecule has 0 radical (unpaired) electrons. The number of aliphatic hydroxyl groups is 1. The van der Waals surface area contributed by atoms with E-state index in [2.05, 4.69) is 4.74 Å². The van der Waals surface area contributed by atoms with Crippen LogP contribution in [0.4, 0.5) is 8.78 Å². The SMILES string of the molecule is CCOc1cc(C(O)C(C)(C)C)ccc1OC(F)F. The van der Waals surface area contributed by atoms with Crippen molar-refractivity contribution in [3.05, 3.63) is 23.8 Å². The minimum Gasteiger partial charge on any atom is -0.490 e. The average Bonchev–Trinajstić information content (AvgIpc) is 2.29. The van der Waals surface area contributed by atoms with E-state index in [1.807, 2.05) is 20.8 Å². The van der Waals surface area contributed by atoms with Gasteiger partial charge in [-0.05, 0) is 30.0 Å². The lowest BCUT2D eigenvalue weighted by atomic mass is 9.85. The van der Waals surface area contributed by atoms with Gasteiger partial charge >= 0.3 is 6.61 Å². The fraction of sp³-hybridized carbons (Fsp3) is 0.571. The van der Waals surface area contributed by atoms with E-state index in [4.69, 9.17) is 4.74 Å². The molecule has 1 rings (SSSR count). The third kappa shape index (κ3) is 4.35. The van der Waals surface area contributed by atoms with Crippen LogP contribution in [-0.2, 0) is 0 Å². The van der Waals surface area contributed by atoms with Crippen LogP contribution >= 0.6 is 0 Å². The molecule has 1 aromatic rings. The van der Waals surface area contributed by atoms with Crippen LogP contribution in [0.1, 0.15) is 39.4 Å². The van der Waals surface area contributed by atoms with Crippen molar-refractivity contribution in [3.63, 3.8) is 0 Å². The molecule has 0 heterocycles. The van der Waals surface area contributed by atoms with Crippen molar-refractivity contribution in [2.45, 2.75) is 40.4 Å². The summed E-state index contributed by atoms with van der Waals surface area (Å²) in [5, 5.41) is 10.2. The minimum absolute atomic E-state index is 0.0262. The van der Waals surface area contributed by atoms with E-state index in [-0.39, 0.29) is 16.9 Å². The molecule has 0 fully saturated rings. The zero-order valence-corrected chi connectivity index (χ0v) is 11.6. The lowest BCUT2D eigenvalue weighted by molar-refractivity contribution is -0.0515. The number of ether oxygens (including phenoxy) is 2. The van der Waals surface area contributed by atoms with Gasteiger partial charge in [0.05, 0.1) is 12.7 Å². The van der Waals surface area contributed by atoms with E-state index in [1.165, 1.54) is 12.1 Å². The van der Waals surface area contributed by atoms with Crippen molar-refractivity contribution < 1.29 is 23.4 Å². The first-order valence-corrected chi connectivity index (χ1v) is 6.15. The van der Waals surface area contributed by atoms with Crippen molar-refractivity contribution in [1.82, 2.24) is 0 Å². The van der Waals surface area contributed by atoms with Gasteiger partial charge in [-0.1, -0.05) is 26.8 Å². The van der Waals surface area contributed by atoms with E-state index in [0.717, 1.165) is 0 Å². The second-order valence-electron chi connectivity index (χ2n) is 5.29. The summed E-state index contributed by atoms with van der Waals surface area (Å²) in [7, 11) is 0. The minimum atomic E-state index is -2.91. The summed E-state index contributed by atoms with van der Waals surface area (Å²) in [5.74, 6) is 0.185. The highest BCUT2D eigenvalue weighted by Crippen LogP contribution is 2.37. The fourth-order valence-electron chi connectivity index (χ4n) is 1.66. The van der Waals surface area contributed by atoms with E-state index in [1.54, 1.807) is 13.0 Å². The van der Waals surface area contributed by atoms with Gasteiger partial charge in [-0.15, -0.1) is 0 Å². The van der Waals surface area contributed by atoms with Gasteiger partial charge in [0, 0.05) is 0 Å². The van der Waals surface area contributed by atoms with Gasteiger partial charge in [-0.25, -0.2) is 0 Å². The first kappa shape index (κ1) is 15.7. The van der Waals surface area contributed by atoms with Gasteiger partial charge in [-0.3, -0.25) is 0 Å². The zero-order chi connectivity index (χ0) is 14.6. The predicted molar refractivity (Wildman–Crippen MR) is 68.7 cm³/mol. The Morgan fingerprint density at radius 2 is 1.84 bits per heavy atom. The largest absolute Gasteiger partial charge is 0.490 e. The van der Waals surface area contributed by atoms with Gasteiger partial charge in [-0.2, -0.15) is 8.78 Å². The van der Waals surface area contributed by atoms with E-state index < -0.39 is 12.7 Å². The van der Waals surface area contributed by atoms with E-state index in [9.17, 15) is 13.9 Å². The molecular formula is C14H20F2O3. The van der Waals surface area contributed by atoms with E-state index >= 15 is 0 Å². The van der Waals surface area contributed by atoms with Crippen LogP contribution in [0.2, 0.25) is 0 Å². The molecule has 1 unspecified atom stereocenters. The van der Waals surface area contributed by atoms with Gasteiger partial charge in [0.1, 0.15) is 0 Å². The molecule has 0 saturated heterocycles. The molecular weight excluding hydrogens is 254 g/mol. The quantitative estimate of drug-likeness (QED) is 0.888. The third-order valence-electron chi connectivity index (χ3n) is 2.62. The fourth-order valence-corrected chi connectivity index (χ4v) is 1.66. The zero-order valence-electron chi connectivity index (χ0n) is 11.6. The Hall–Kier alpha value is -1.36. The van der Waals surface area contributed by atoms with Crippen molar-refractivity contribution in [2.24, 2.45) is 5.41 Å². The maximum absolute atomic E-state index is 12.3. The monoisotopic (exact) mass is 274 g/mol. The Kier molecular flexibility index (Phi) is 5.11. The van der Waals surface area contributed by atoms with Crippen molar-refractivity contribution in [3.8, 4) is 11.5 Å².